The second-order valence-corrected chi connectivity index (χ2v) is 12.1. The first-order valence-corrected chi connectivity index (χ1v) is 16.2. The maximum Gasteiger partial charge on any atom is 0.573 e. The Morgan fingerprint density at radius 3 is 2.43 bits per heavy atom. The SMILES string of the molecule is C\C=C/C(=C\C(=C/C)OC(F)(F)F)NC(=O)C1CCN(Cc2ccc(-c3nc4c(cnc5cc(C)nn54)cc3-c3ccccc3)cc2)CC1. The van der Waals surface area contributed by atoms with Crippen LogP contribution >= 0.6 is 0 Å². The molecule has 0 radical (unpaired) electrons. The lowest BCUT2D eigenvalue weighted by atomic mass is 9.95. The Morgan fingerprint density at radius 1 is 1.02 bits per heavy atom. The first-order chi connectivity index (χ1) is 23.6. The molecule has 1 fully saturated rings. The minimum absolute atomic E-state index is 0.216. The Bertz CT molecular complexity index is 2040. The molecule has 0 spiro atoms. The lowest BCUT2D eigenvalue weighted by Gasteiger charge is -2.31. The Kier molecular flexibility index (Phi) is 9.91. The molecule has 1 saturated heterocycles. The lowest BCUT2D eigenvalue weighted by Crippen LogP contribution is -2.39. The van der Waals surface area contributed by atoms with Gasteiger partial charge in [0.05, 0.1) is 11.4 Å². The summed E-state index contributed by atoms with van der Waals surface area (Å²) in [6.07, 6.45) is 3.88. The molecule has 8 nitrogen and oxygen atoms in total. The van der Waals surface area contributed by atoms with Gasteiger partial charge in [0.1, 0.15) is 5.76 Å². The number of carbonyl (C=O) groups excluding carboxylic acids is 1. The summed E-state index contributed by atoms with van der Waals surface area (Å²) in [7, 11) is 0. The van der Waals surface area contributed by atoms with Crippen LogP contribution in [0, 0.1) is 12.8 Å². The van der Waals surface area contributed by atoms with Crippen molar-refractivity contribution in [2.45, 2.75) is 46.5 Å². The third-order valence-corrected chi connectivity index (χ3v) is 8.49. The number of benzene rings is 2. The summed E-state index contributed by atoms with van der Waals surface area (Å²) >= 11 is 0. The fraction of sp³-hybridized carbons (Fsp3) is 0.263. The van der Waals surface area contributed by atoms with Crippen molar-refractivity contribution in [2.24, 2.45) is 5.92 Å². The highest BCUT2D eigenvalue weighted by Gasteiger charge is 2.32. The van der Waals surface area contributed by atoms with Crippen molar-refractivity contribution in [3.8, 4) is 22.4 Å². The average molecular weight is 667 g/mol. The van der Waals surface area contributed by atoms with E-state index in [-0.39, 0.29) is 17.5 Å². The van der Waals surface area contributed by atoms with Gasteiger partial charge in [-0.1, -0.05) is 60.7 Å². The largest absolute Gasteiger partial charge is 0.573 e. The summed E-state index contributed by atoms with van der Waals surface area (Å²) < 4.78 is 44.1. The zero-order valence-electron chi connectivity index (χ0n) is 27.5. The maximum atomic E-state index is 13.1. The van der Waals surface area contributed by atoms with Crippen LogP contribution in [0.5, 0.6) is 0 Å². The minimum atomic E-state index is -4.82. The molecule has 6 rings (SSSR count). The van der Waals surface area contributed by atoms with Gasteiger partial charge in [-0.05, 0) is 76.0 Å². The van der Waals surface area contributed by atoms with Crippen LogP contribution in [0.25, 0.3) is 39.1 Å². The summed E-state index contributed by atoms with van der Waals surface area (Å²) in [4.78, 5) is 25.1. The molecule has 4 heterocycles. The number of nitrogens with zero attached hydrogens (tertiary/aromatic N) is 5. The van der Waals surface area contributed by atoms with E-state index in [9.17, 15) is 18.0 Å². The molecule has 1 aliphatic heterocycles. The molecule has 0 bridgehead atoms. The number of ether oxygens (including phenoxy) is 1. The molecule has 1 aliphatic rings. The Labute approximate surface area is 282 Å². The lowest BCUT2D eigenvalue weighted by molar-refractivity contribution is -0.303. The first kappa shape index (κ1) is 33.6. The number of aryl methyl sites for hydroxylation is 1. The van der Waals surface area contributed by atoms with Crippen molar-refractivity contribution >= 4 is 22.6 Å². The van der Waals surface area contributed by atoms with Gasteiger partial charge in [0.25, 0.3) is 0 Å². The Morgan fingerprint density at radius 2 is 1.76 bits per heavy atom. The molecule has 0 atom stereocenters. The molecular weight excluding hydrogens is 629 g/mol. The smallest absolute Gasteiger partial charge is 0.406 e. The van der Waals surface area contributed by atoms with Crippen LogP contribution < -0.4 is 5.32 Å². The third kappa shape index (κ3) is 8.06. The van der Waals surface area contributed by atoms with E-state index < -0.39 is 12.1 Å². The van der Waals surface area contributed by atoms with E-state index in [0.29, 0.717) is 12.8 Å². The molecule has 1 N–H and O–H groups in total. The Balaban J connectivity index is 1.14. The average Bonchev–Trinajstić information content (AvgIpc) is 3.48. The summed E-state index contributed by atoms with van der Waals surface area (Å²) in [6, 6.07) is 22.7. The normalized spacial score (nSPS) is 15.4. The number of hydrogen-bond acceptors (Lipinski definition) is 6. The van der Waals surface area contributed by atoms with Crippen molar-refractivity contribution in [3.05, 3.63) is 120 Å². The van der Waals surface area contributed by atoms with Crippen LogP contribution in [0.3, 0.4) is 0 Å². The number of aromatic nitrogens is 4. The van der Waals surface area contributed by atoms with Crippen LogP contribution in [0.4, 0.5) is 13.2 Å². The number of halogens is 3. The second-order valence-electron chi connectivity index (χ2n) is 12.1. The van der Waals surface area contributed by atoms with Crippen LogP contribution in [0.15, 0.2) is 109 Å². The monoisotopic (exact) mass is 666 g/mol. The number of pyridine rings is 1. The topological polar surface area (TPSA) is 84.6 Å². The van der Waals surface area contributed by atoms with Crippen LogP contribution in [0.1, 0.15) is 37.9 Å². The Hall–Kier alpha value is -5.29. The standard InChI is InChI=1S/C38H37F3N6O2/c1-4-9-31(22-32(5-2)49-38(39,40)41)43-37(48)29-16-18-46(19-17-29)24-26-12-14-28(15-13-26)35-33(27-10-7-6-8-11-27)21-30-23-42-34-20-25(3)45-47(34)36(30)44-35/h4-15,20-23,29H,16-19,24H2,1-3H3,(H,43,48)/b9-4-,31-22+,32-5+. The van der Waals surface area contributed by atoms with E-state index in [4.69, 9.17) is 4.98 Å². The number of amides is 1. The molecule has 49 heavy (non-hydrogen) atoms. The van der Waals surface area contributed by atoms with E-state index >= 15 is 0 Å². The van der Waals surface area contributed by atoms with Crippen molar-refractivity contribution < 1.29 is 22.7 Å². The van der Waals surface area contributed by atoms with Crippen LogP contribution in [-0.4, -0.2) is 49.8 Å². The predicted molar refractivity (Wildman–Crippen MR) is 184 cm³/mol. The maximum absolute atomic E-state index is 13.1. The van der Waals surface area contributed by atoms with Gasteiger partial charge in [0.15, 0.2) is 11.3 Å². The van der Waals surface area contributed by atoms with E-state index in [1.54, 1.807) is 23.6 Å². The summed E-state index contributed by atoms with van der Waals surface area (Å²) in [5, 5.41) is 8.31. The van der Waals surface area contributed by atoms with Gasteiger partial charge in [-0.25, -0.2) is 9.97 Å². The summed E-state index contributed by atoms with van der Waals surface area (Å²) in [5.74, 6) is -0.858. The highest BCUT2D eigenvalue weighted by molar-refractivity contribution is 5.90. The molecule has 5 aromatic rings. The van der Waals surface area contributed by atoms with Crippen LogP contribution in [0.2, 0.25) is 0 Å². The highest BCUT2D eigenvalue weighted by atomic mass is 19.4. The molecule has 0 saturated carbocycles. The summed E-state index contributed by atoms with van der Waals surface area (Å²) in [6.45, 7) is 7.27. The van der Waals surface area contributed by atoms with Crippen molar-refractivity contribution in [1.29, 1.82) is 0 Å². The molecule has 252 valence electrons. The van der Waals surface area contributed by atoms with Crippen molar-refractivity contribution in [1.82, 2.24) is 29.8 Å². The number of rotatable bonds is 9. The van der Waals surface area contributed by atoms with E-state index in [0.717, 1.165) is 70.0 Å². The molecule has 0 aliphatic carbocycles. The van der Waals surface area contributed by atoms with Gasteiger partial charge < -0.3 is 10.1 Å². The number of allylic oxidation sites excluding steroid dienone is 4. The number of nitrogens with one attached hydrogen (secondary N) is 1. The van der Waals surface area contributed by atoms with E-state index in [1.807, 2.05) is 37.4 Å². The molecular formula is C38H37F3N6O2. The molecule has 1 amide bonds. The quantitative estimate of drug-likeness (QED) is 0.126. The number of piperidine rings is 1. The summed E-state index contributed by atoms with van der Waals surface area (Å²) in [5.41, 5.74) is 7.66. The van der Waals surface area contributed by atoms with Gasteiger partial charge in [0, 0.05) is 53.0 Å². The van der Waals surface area contributed by atoms with Gasteiger partial charge in [-0.2, -0.15) is 9.61 Å². The molecule has 0 unspecified atom stereocenters. The minimum Gasteiger partial charge on any atom is -0.406 e. The van der Waals surface area contributed by atoms with Gasteiger partial charge in [-0.3, -0.25) is 9.69 Å². The number of fused-ring (bicyclic) bond motifs is 3. The van der Waals surface area contributed by atoms with Crippen LogP contribution in [-0.2, 0) is 16.1 Å². The fourth-order valence-electron chi connectivity index (χ4n) is 6.10. The van der Waals surface area contributed by atoms with Gasteiger partial charge in [0.2, 0.25) is 5.91 Å². The molecule has 2 aromatic carbocycles. The number of carbonyl (C=O) groups is 1. The number of hydrogen-bond donors (Lipinski definition) is 1. The molecule has 3 aromatic heterocycles. The van der Waals surface area contributed by atoms with Gasteiger partial charge in [-0.15, -0.1) is 13.2 Å². The second kappa shape index (κ2) is 14.4. The first-order valence-electron chi connectivity index (χ1n) is 16.2. The fourth-order valence-corrected chi connectivity index (χ4v) is 6.10. The van der Waals surface area contributed by atoms with E-state index in [2.05, 4.69) is 67.5 Å². The predicted octanol–water partition coefficient (Wildman–Crippen LogP) is 8.15. The van der Waals surface area contributed by atoms with Gasteiger partial charge >= 0.3 is 6.36 Å². The third-order valence-electron chi connectivity index (χ3n) is 8.49. The van der Waals surface area contributed by atoms with Crippen molar-refractivity contribution in [2.75, 3.05) is 13.1 Å². The highest BCUT2D eigenvalue weighted by Crippen LogP contribution is 2.34. The van der Waals surface area contributed by atoms with Crippen molar-refractivity contribution in [3.63, 3.8) is 0 Å². The molecule has 11 heteroatoms. The zero-order valence-corrected chi connectivity index (χ0v) is 27.5. The number of alkyl halides is 3. The van der Waals surface area contributed by atoms with E-state index in [1.165, 1.54) is 19.1 Å². The number of likely N-dealkylation sites (tertiary alicyclic amines) is 1. The zero-order chi connectivity index (χ0) is 34.5.